The van der Waals surface area contributed by atoms with Crippen LogP contribution in [0.1, 0.15) is 52.9 Å². The molecule has 1 saturated heterocycles. The molecular weight excluding hydrogens is 196 g/mol. The van der Waals surface area contributed by atoms with Gasteiger partial charge in [-0.25, -0.2) is 0 Å². The van der Waals surface area contributed by atoms with Gasteiger partial charge in [0.15, 0.2) is 0 Å². The van der Waals surface area contributed by atoms with E-state index in [1.54, 1.807) is 0 Å². The maximum Gasteiger partial charge on any atom is 0.0126 e. The second kappa shape index (κ2) is 5.05. The van der Waals surface area contributed by atoms with Crippen molar-refractivity contribution < 1.29 is 0 Å². The predicted octanol–water partition coefficient (Wildman–Crippen LogP) is 2.62. The molecule has 0 spiro atoms. The summed E-state index contributed by atoms with van der Waals surface area (Å²) in [7, 11) is 0. The summed E-state index contributed by atoms with van der Waals surface area (Å²) in [6, 6.07) is 1.97. The molecule has 0 aromatic heterocycles. The molecule has 2 nitrogen and oxygen atoms in total. The van der Waals surface area contributed by atoms with Gasteiger partial charge in [-0.1, -0.05) is 20.3 Å². The Balaban J connectivity index is 1.99. The topological polar surface area (TPSA) is 29.3 Å². The third-order valence-corrected chi connectivity index (χ3v) is 4.81. The summed E-state index contributed by atoms with van der Waals surface area (Å²) in [5, 5.41) is 0. The Morgan fingerprint density at radius 3 is 2.44 bits per heavy atom. The molecule has 5 unspecified atom stereocenters. The van der Waals surface area contributed by atoms with Crippen LogP contribution in [0.3, 0.4) is 0 Å². The molecule has 1 saturated carbocycles. The fourth-order valence-corrected chi connectivity index (χ4v) is 3.68. The van der Waals surface area contributed by atoms with Crippen LogP contribution >= 0.6 is 0 Å². The highest BCUT2D eigenvalue weighted by atomic mass is 15.2. The fourth-order valence-electron chi connectivity index (χ4n) is 3.68. The first-order chi connectivity index (χ1) is 7.58. The van der Waals surface area contributed by atoms with E-state index in [1.807, 2.05) is 0 Å². The fraction of sp³-hybridized carbons (Fsp3) is 1.00. The average molecular weight is 224 g/mol. The highest BCUT2D eigenvalue weighted by Gasteiger charge is 2.34. The number of nitrogens with two attached hydrogens (primary N) is 1. The van der Waals surface area contributed by atoms with Gasteiger partial charge in [-0.3, -0.25) is 4.90 Å². The lowest BCUT2D eigenvalue weighted by Gasteiger charge is -2.47. The molecule has 1 heterocycles. The van der Waals surface area contributed by atoms with Crippen molar-refractivity contribution in [3.8, 4) is 0 Å². The second-order valence-electron chi connectivity index (χ2n) is 6.33. The summed E-state index contributed by atoms with van der Waals surface area (Å²) in [4.78, 5) is 2.75. The van der Waals surface area contributed by atoms with Crippen molar-refractivity contribution in [3.63, 3.8) is 0 Å². The van der Waals surface area contributed by atoms with E-state index in [4.69, 9.17) is 5.73 Å². The zero-order chi connectivity index (χ0) is 11.7. The van der Waals surface area contributed by atoms with Gasteiger partial charge < -0.3 is 5.73 Å². The lowest BCUT2D eigenvalue weighted by atomic mass is 9.78. The minimum absolute atomic E-state index is 0.447. The molecule has 2 heteroatoms. The van der Waals surface area contributed by atoms with Gasteiger partial charge in [0, 0.05) is 24.7 Å². The van der Waals surface area contributed by atoms with Crippen molar-refractivity contribution in [1.29, 1.82) is 0 Å². The number of hydrogen-bond donors (Lipinski definition) is 1. The Hall–Kier alpha value is -0.0800. The highest BCUT2D eigenvalue weighted by Crippen LogP contribution is 2.34. The van der Waals surface area contributed by atoms with Gasteiger partial charge >= 0.3 is 0 Å². The lowest BCUT2D eigenvalue weighted by Crippen LogP contribution is -2.53. The number of piperidine rings is 1. The molecule has 1 aliphatic carbocycles. The van der Waals surface area contributed by atoms with Crippen molar-refractivity contribution >= 4 is 0 Å². The van der Waals surface area contributed by atoms with E-state index in [2.05, 4.69) is 25.7 Å². The van der Waals surface area contributed by atoms with Crippen LogP contribution in [0.4, 0.5) is 0 Å². The Bertz CT molecular complexity index is 229. The van der Waals surface area contributed by atoms with E-state index in [9.17, 15) is 0 Å². The smallest absolute Gasteiger partial charge is 0.0126 e. The third kappa shape index (κ3) is 2.60. The summed E-state index contributed by atoms with van der Waals surface area (Å²) in [6.07, 6.45) is 6.64. The van der Waals surface area contributed by atoms with Crippen LogP contribution in [0.15, 0.2) is 0 Å². The quantitative estimate of drug-likeness (QED) is 0.742. The Morgan fingerprint density at radius 1 is 1.00 bits per heavy atom. The molecule has 16 heavy (non-hydrogen) atoms. The molecule has 2 rings (SSSR count). The van der Waals surface area contributed by atoms with Gasteiger partial charge in [-0.15, -0.1) is 0 Å². The molecule has 2 fully saturated rings. The van der Waals surface area contributed by atoms with Crippen molar-refractivity contribution in [3.05, 3.63) is 0 Å². The Labute approximate surface area is 101 Å². The minimum atomic E-state index is 0.447. The average Bonchev–Trinajstić information content (AvgIpc) is 2.22. The van der Waals surface area contributed by atoms with Crippen LogP contribution in [-0.4, -0.2) is 29.6 Å². The van der Waals surface area contributed by atoms with Gasteiger partial charge in [0.25, 0.3) is 0 Å². The number of nitrogens with zero attached hydrogens (tertiary/aromatic N) is 1. The van der Waals surface area contributed by atoms with Crippen molar-refractivity contribution in [2.45, 2.75) is 71.0 Å². The van der Waals surface area contributed by atoms with Crippen molar-refractivity contribution in [2.24, 2.45) is 17.6 Å². The van der Waals surface area contributed by atoms with Crippen molar-refractivity contribution in [2.75, 3.05) is 6.54 Å². The van der Waals surface area contributed by atoms with Gasteiger partial charge in [-0.05, 0) is 44.4 Å². The summed E-state index contributed by atoms with van der Waals surface area (Å²) in [6.45, 7) is 8.45. The highest BCUT2D eigenvalue weighted by molar-refractivity contribution is 4.90. The lowest BCUT2D eigenvalue weighted by molar-refractivity contribution is 0.0328. The molecule has 0 radical (unpaired) electrons. The van der Waals surface area contributed by atoms with E-state index in [0.717, 1.165) is 17.9 Å². The van der Waals surface area contributed by atoms with E-state index in [0.29, 0.717) is 12.1 Å². The molecule has 1 aliphatic heterocycles. The van der Waals surface area contributed by atoms with Gasteiger partial charge in [-0.2, -0.15) is 0 Å². The SMILES string of the molecule is CC1CCC(C)C(N2CCC(N)CC2C)C1. The zero-order valence-electron chi connectivity index (χ0n) is 11.2. The van der Waals surface area contributed by atoms with Crippen LogP contribution in [0.25, 0.3) is 0 Å². The van der Waals surface area contributed by atoms with Crippen LogP contribution in [0.5, 0.6) is 0 Å². The Kier molecular flexibility index (Phi) is 3.91. The number of likely N-dealkylation sites (tertiary alicyclic amines) is 1. The van der Waals surface area contributed by atoms with Gasteiger partial charge in [0.2, 0.25) is 0 Å². The first-order valence-electron chi connectivity index (χ1n) is 7.09. The second-order valence-corrected chi connectivity index (χ2v) is 6.33. The first-order valence-corrected chi connectivity index (χ1v) is 7.09. The normalized spacial score (nSPS) is 46.9. The maximum absolute atomic E-state index is 6.05. The summed E-state index contributed by atoms with van der Waals surface area (Å²) in [5.74, 6) is 1.80. The molecule has 2 aliphatic rings. The van der Waals surface area contributed by atoms with E-state index in [-0.39, 0.29) is 0 Å². The molecular formula is C14H28N2. The van der Waals surface area contributed by atoms with E-state index >= 15 is 0 Å². The van der Waals surface area contributed by atoms with Crippen LogP contribution in [0.2, 0.25) is 0 Å². The molecule has 0 amide bonds. The third-order valence-electron chi connectivity index (χ3n) is 4.81. The summed E-state index contributed by atoms with van der Waals surface area (Å²) >= 11 is 0. The zero-order valence-corrected chi connectivity index (χ0v) is 11.2. The number of rotatable bonds is 1. The molecule has 0 bridgehead atoms. The molecule has 5 atom stereocenters. The minimum Gasteiger partial charge on any atom is -0.328 e. The molecule has 0 aromatic rings. The summed E-state index contributed by atoms with van der Waals surface area (Å²) in [5.41, 5.74) is 6.05. The standard InChI is InChI=1S/C14H28N2/c1-10-4-5-11(2)14(8-10)16-7-6-13(15)9-12(16)3/h10-14H,4-9,15H2,1-3H3. The van der Waals surface area contributed by atoms with Crippen molar-refractivity contribution in [1.82, 2.24) is 4.90 Å². The van der Waals surface area contributed by atoms with Gasteiger partial charge in [0.05, 0.1) is 0 Å². The number of hydrogen-bond acceptors (Lipinski definition) is 2. The molecule has 2 N–H and O–H groups in total. The van der Waals surface area contributed by atoms with Gasteiger partial charge in [0.1, 0.15) is 0 Å². The largest absolute Gasteiger partial charge is 0.328 e. The predicted molar refractivity (Wildman–Crippen MR) is 69.3 cm³/mol. The Morgan fingerprint density at radius 2 is 1.75 bits per heavy atom. The maximum atomic E-state index is 6.05. The molecule has 94 valence electrons. The monoisotopic (exact) mass is 224 g/mol. The van der Waals surface area contributed by atoms with Crippen LogP contribution in [-0.2, 0) is 0 Å². The van der Waals surface area contributed by atoms with Crippen LogP contribution in [0, 0.1) is 11.8 Å². The van der Waals surface area contributed by atoms with E-state index in [1.165, 1.54) is 38.6 Å². The molecule has 0 aromatic carbocycles. The van der Waals surface area contributed by atoms with E-state index < -0.39 is 0 Å². The van der Waals surface area contributed by atoms with Crippen LogP contribution < -0.4 is 5.73 Å². The summed E-state index contributed by atoms with van der Waals surface area (Å²) < 4.78 is 0. The first kappa shape index (κ1) is 12.4.